The van der Waals surface area contributed by atoms with E-state index in [0.717, 1.165) is 45.5 Å². The number of nitriles is 1. The fraction of sp³-hybridized carbons (Fsp3) is 0.475. The number of pyridine rings is 1. The Morgan fingerprint density at radius 1 is 1.09 bits per heavy atom. The third-order valence-corrected chi connectivity index (χ3v) is 11.8. The monoisotopic (exact) mass is 774 g/mol. The van der Waals surface area contributed by atoms with Crippen molar-refractivity contribution in [1.29, 1.82) is 5.26 Å². The summed E-state index contributed by atoms with van der Waals surface area (Å²) in [6, 6.07) is 9.61. The number of nitrogens with zero attached hydrogens (tertiary/aromatic N) is 8. The van der Waals surface area contributed by atoms with E-state index in [1.54, 1.807) is 35.2 Å². The molecule has 55 heavy (non-hydrogen) atoms. The summed E-state index contributed by atoms with van der Waals surface area (Å²) >= 11 is 6.43. The highest BCUT2D eigenvalue weighted by molar-refractivity contribution is 6.36. The maximum Gasteiger partial charge on any atom is 0.319 e. The zero-order valence-corrected chi connectivity index (χ0v) is 31.2. The molecule has 0 unspecified atom stereocenters. The quantitative estimate of drug-likeness (QED) is 0.190. The molecule has 2 aromatic heterocycles. The van der Waals surface area contributed by atoms with Crippen LogP contribution in [0.25, 0.3) is 32.9 Å². The van der Waals surface area contributed by atoms with Crippen LogP contribution >= 0.6 is 11.6 Å². The number of amides is 1. The summed E-state index contributed by atoms with van der Waals surface area (Å²) < 4.78 is 58.1. The van der Waals surface area contributed by atoms with Crippen molar-refractivity contribution in [2.75, 3.05) is 77.1 Å². The molecular formula is C40H42ClF3N8O3. The van der Waals surface area contributed by atoms with Gasteiger partial charge in [0.15, 0.2) is 5.82 Å². The van der Waals surface area contributed by atoms with Gasteiger partial charge in [0.1, 0.15) is 35.6 Å². The van der Waals surface area contributed by atoms with Crippen molar-refractivity contribution in [3.63, 3.8) is 0 Å². The molecule has 4 aliphatic heterocycles. The van der Waals surface area contributed by atoms with Crippen molar-refractivity contribution < 1.29 is 27.4 Å². The molecule has 0 aliphatic carbocycles. The van der Waals surface area contributed by atoms with E-state index >= 15 is 4.39 Å². The summed E-state index contributed by atoms with van der Waals surface area (Å²) in [7, 11) is 0. The maximum atomic E-state index is 17.0. The van der Waals surface area contributed by atoms with E-state index in [2.05, 4.69) is 25.8 Å². The van der Waals surface area contributed by atoms with Crippen LogP contribution in [-0.4, -0.2) is 125 Å². The molecule has 2 aromatic carbocycles. The van der Waals surface area contributed by atoms with Crippen LogP contribution in [0.1, 0.15) is 32.1 Å². The summed E-state index contributed by atoms with van der Waals surface area (Å²) in [5.41, 5.74) is -0.345. The lowest BCUT2D eigenvalue weighted by molar-refractivity contribution is -0.128. The van der Waals surface area contributed by atoms with E-state index in [1.807, 2.05) is 11.0 Å². The molecule has 15 heteroatoms. The van der Waals surface area contributed by atoms with Crippen LogP contribution in [-0.2, 0) is 9.53 Å². The summed E-state index contributed by atoms with van der Waals surface area (Å²) in [5.74, 6) is -1.26. The van der Waals surface area contributed by atoms with Crippen molar-refractivity contribution in [3.8, 4) is 23.3 Å². The van der Waals surface area contributed by atoms with Crippen LogP contribution in [0.15, 0.2) is 48.7 Å². The molecule has 8 rings (SSSR count). The standard InChI is InChI=1S/C40H42ClF3N8O3/c41-34-31(43)9-8-26-5-1-6-29(33(26)34)36-35(44)37-30(22-46-36)38(48-39(47-37)55-25-40-11-3-15-51(40)23-27(42)21-40)50-16-17-52(28(24-50)10-12-45)32(53)7-2-13-49-14-4-19-54-20-18-49/h1-2,5-9,22,27-28H,3-4,10-11,13-21,23-25H2/b7-2+/t27-,28+,40+/m1/s1. The summed E-state index contributed by atoms with van der Waals surface area (Å²) in [6.45, 7) is 5.83. The van der Waals surface area contributed by atoms with E-state index in [0.29, 0.717) is 66.7 Å². The number of benzene rings is 2. The molecule has 4 fully saturated rings. The number of alkyl halides is 1. The van der Waals surface area contributed by atoms with Gasteiger partial charge in [0, 0.05) is 82.1 Å². The van der Waals surface area contributed by atoms with Gasteiger partial charge in [-0.25, -0.2) is 13.2 Å². The largest absolute Gasteiger partial charge is 0.461 e. The molecule has 1 amide bonds. The smallest absolute Gasteiger partial charge is 0.319 e. The number of carbonyl (C=O) groups is 1. The van der Waals surface area contributed by atoms with Crippen LogP contribution in [0.5, 0.6) is 6.01 Å². The summed E-state index contributed by atoms with van der Waals surface area (Å²) in [4.78, 5) is 35.3. The molecule has 6 heterocycles. The van der Waals surface area contributed by atoms with Crippen molar-refractivity contribution in [2.24, 2.45) is 0 Å². The van der Waals surface area contributed by atoms with Crippen LogP contribution in [0, 0.1) is 23.0 Å². The second-order valence-corrected chi connectivity index (χ2v) is 15.2. The summed E-state index contributed by atoms with van der Waals surface area (Å²) in [6.07, 6.45) is 6.98. The van der Waals surface area contributed by atoms with Gasteiger partial charge in [-0.05, 0) is 37.3 Å². The molecule has 0 saturated carbocycles. The number of piperazine rings is 1. The minimum absolute atomic E-state index is 0.0673. The van der Waals surface area contributed by atoms with Crippen LogP contribution in [0.4, 0.5) is 19.0 Å². The molecule has 0 spiro atoms. The Hall–Kier alpha value is -4.55. The molecular weight excluding hydrogens is 733 g/mol. The lowest BCUT2D eigenvalue weighted by atomic mass is 9.95. The first kappa shape index (κ1) is 37.4. The first-order valence-electron chi connectivity index (χ1n) is 18.9. The average molecular weight is 775 g/mol. The second-order valence-electron chi connectivity index (χ2n) is 14.8. The van der Waals surface area contributed by atoms with Gasteiger partial charge in [-0.2, -0.15) is 15.2 Å². The number of anilines is 1. The van der Waals surface area contributed by atoms with E-state index < -0.39 is 29.4 Å². The van der Waals surface area contributed by atoms with Crippen molar-refractivity contribution in [1.82, 2.24) is 29.7 Å². The predicted octanol–water partition coefficient (Wildman–Crippen LogP) is 5.94. The average Bonchev–Trinajstić information content (AvgIpc) is 3.58. The number of carbonyl (C=O) groups excluding carboxylic acids is 1. The van der Waals surface area contributed by atoms with Gasteiger partial charge in [-0.1, -0.05) is 41.9 Å². The van der Waals surface area contributed by atoms with Gasteiger partial charge >= 0.3 is 6.01 Å². The Kier molecular flexibility index (Phi) is 10.8. The molecule has 0 bridgehead atoms. The molecule has 3 atom stereocenters. The normalized spacial score (nSPS) is 23.8. The lowest BCUT2D eigenvalue weighted by Crippen LogP contribution is -2.55. The summed E-state index contributed by atoms with van der Waals surface area (Å²) in [5, 5.41) is 10.9. The number of fused-ring (bicyclic) bond motifs is 3. The fourth-order valence-corrected chi connectivity index (χ4v) is 8.94. The maximum absolute atomic E-state index is 17.0. The predicted molar refractivity (Wildman–Crippen MR) is 203 cm³/mol. The third-order valence-electron chi connectivity index (χ3n) is 11.4. The van der Waals surface area contributed by atoms with Gasteiger partial charge in [0.2, 0.25) is 5.91 Å². The Morgan fingerprint density at radius 2 is 1.98 bits per heavy atom. The molecule has 4 aliphatic rings. The minimum atomic E-state index is -0.963. The van der Waals surface area contributed by atoms with Gasteiger partial charge in [0.25, 0.3) is 0 Å². The molecule has 0 N–H and O–H groups in total. The highest BCUT2D eigenvalue weighted by Crippen LogP contribution is 2.42. The second kappa shape index (κ2) is 15.9. The lowest BCUT2D eigenvalue weighted by Gasteiger charge is -2.41. The number of hydrogen-bond donors (Lipinski definition) is 0. The number of aromatic nitrogens is 3. The zero-order chi connectivity index (χ0) is 38.1. The Morgan fingerprint density at radius 3 is 2.85 bits per heavy atom. The molecule has 11 nitrogen and oxygen atoms in total. The number of rotatable bonds is 9. The highest BCUT2D eigenvalue weighted by atomic mass is 35.5. The molecule has 288 valence electrons. The van der Waals surface area contributed by atoms with Gasteiger partial charge in [0.05, 0.1) is 41.1 Å². The number of ether oxygens (including phenoxy) is 2. The Bertz CT molecular complexity index is 2160. The topological polar surface area (TPSA) is 111 Å². The fourth-order valence-electron chi connectivity index (χ4n) is 8.67. The molecule has 0 radical (unpaired) electrons. The van der Waals surface area contributed by atoms with E-state index in [-0.39, 0.29) is 47.7 Å². The Labute approximate surface area is 322 Å². The van der Waals surface area contributed by atoms with E-state index in [9.17, 15) is 18.8 Å². The third kappa shape index (κ3) is 7.43. The Balaban J connectivity index is 1.13. The first-order valence-corrected chi connectivity index (χ1v) is 19.3. The van der Waals surface area contributed by atoms with Crippen LogP contribution in [0.2, 0.25) is 5.02 Å². The van der Waals surface area contributed by atoms with Crippen molar-refractivity contribution >= 4 is 45.0 Å². The van der Waals surface area contributed by atoms with Gasteiger partial charge < -0.3 is 19.3 Å². The number of hydrogen-bond acceptors (Lipinski definition) is 10. The first-order chi connectivity index (χ1) is 26.7. The zero-order valence-electron chi connectivity index (χ0n) is 30.4. The van der Waals surface area contributed by atoms with E-state index in [4.69, 9.17) is 26.1 Å². The van der Waals surface area contributed by atoms with Gasteiger partial charge in [-0.3, -0.25) is 19.6 Å². The van der Waals surface area contributed by atoms with Crippen LogP contribution < -0.4 is 9.64 Å². The van der Waals surface area contributed by atoms with E-state index in [1.165, 1.54) is 12.3 Å². The van der Waals surface area contributed by atoms with Crippen molar-refractivity contribution in [3.05, 3.63) is 65.3 Å². The highest BCUT2D eigenvalue weighted by Gasteiger charge is 2.49. The van der Waals surface area contributed by atoms with Gasteiger partial charge in [-0.15, -0.1) is 0 Å². The minimum Gasteiger partial charge on any atom is -0.461 e. The number of halogens is 4. The van der Waals surface area contributed by atoms with Crippen LogP contribution in [0.3, 0.4) is 0 Å². The molecule has 4 saturated heterocycles. The molecule has 4 aromatic rings. The SMILES string of the molecule is N#CC[C@H]1CN(c2nc(OC[C@@]34CCCN3C[C@H](F)C4)nc3c(F)c(-c4cccc5ccc(F)c(Cl)c45)ncc23)CCN1C(=O)/C=C/CN1CCCOCC1. The van der Waals surface area contributed by atoms with Crippen molar-refractivity contribution in [2.45, 2.75) is 49.9 Å².